The van der Waals surface area contributed by atoms with Gasteiger partial charge in [-0.1, -0.05) is 11.6 Å². The Bertz CT molecular complexity index is 719. The number of rotatable bonds is 4. The van der Waals surface area contributed by atoms with E-state index in [1.165, 1.54) is 6.07 Å². The third-order valence-corrected chi connectivity index (χ3v) is 5.41. The van der Waals surface area contributed by atoms with Crippen molar-refractivity contribution in [2.24, 2.45) is 0 Å². The summed E-state index contributed by atoms with van der Waals surface area (Å²) < 4.78 is 27.2. The zero-order valence-corrected chi connectivity index (χ0v) is 14.2. The Labute approximate surface area is 133 Å². The van der Waals surface area contributed by atoms with Crippen LogP contribution in [0, 0.1) is 0 Å². The van der Waals surface area contributed by atoms with E-state index in [-0.39, 0.29) is 15.6 Å². The van der Waals surface area contributed by atoms with Gasteiger partial charge in [-0.25, -0.2) is 13.4 Å². The lowest BCUT2D eigenvalue weighted by molar-refractivity contribution is 0.603. The maximum atomic E-state index is 12.1. The molecular formula is C13H16ClN3O2S2. The summed E-state index contributed by atoms with van der Waals surface area (Å²) >= 11 is 6.75. The predicted octanol–water partition coefficient (Wildman–Crippen LogP) is 3.81. The molecule has 8 heteroatoms. The molecule has 0 atom stereocenters. The molecule has 2 aromatic heterocycles. The molecule has 2 heterocycles. The van der Waals surface area contributed by atoms with Crippen LogP contribution >= 0.6 is 22.9 Å². The van der Waals surface area contributed by atoms with Crippen molar-refractivity contribution in [2.45, 2.75) is 30.5 Å². The topological polar surface area (TPSA) is 71.1 Å². The third-order valence-electron chi connectivity index (χ3n) is 2.34. The molecule has 0 amide bonds. The maximum Gasteiger partial charge on any atom is 0.272 e. The Hall–Kier alpha value is -1.31. The molecule has 0 aliphatic rings. The van der Waals surface area contributed by atoms with Crippen LogP contribution < -0.4 is 10.0 Å². The highest BCUT2D eigenvalue weighted by atomic mass is 35.5. The molecule has 0 aliphatic heterocycles. The minimum absolute atomic E-state index is 0.0869. The van der Waals surface area contributed by atoms with Gasteiger partial charge in [0, 0.05) is 5.54 Å². The molecule has 0 fully saturated rings. The molecule has 0 saturated carbocycles. The van der Waals surface area contributed by atoms with Gasteiger partial charge in [0.25, 0.3) is 10.0 Å². The third kappa shape index (κ3) is 4.59. The van der Waals surface area contributed by atoms with Crippen LogP contribution in [0.4, 0.5) is 11.5 Å². The van der Waals surface area contributed by atoms with Gasteiger partial charge < -0.3 is 5.32 Å². The largest absolute Gasteiger partial charge is 0.379 e. The highest BCUT2D eigenvalue weighted by molar-refractivity contribution is 7.94. The van der Waals surface area contributed by atoms with Gasteiger partial charge in [0.15, 0.2) is 0 Å². The van der Waals surface area contributed by atoms with E-state index in [2.05, 4.69) is 15.0 Å². The van der Waals surface area contributed by atoms with Crippen LogP contribution in [-0.2, 0) is 10.0 Å². The second-order valence-electron chi connectivity index (χ2n) is 5.47. The van der Waals surface area contributed by atoms with Crippen molar-refractivity contribution >= 4 is 44.5 Å². The number of halogens is 1. The smallest absolute Gasteiger partial charge is 0.272 e. The highest BCUT2D eigenvalue weighted by Gasteiger charge is 2.17. The van der Waals surface area contributed by atoms with Crippen LogP contribution in [0.25, 0.3) is 0 Å². The number of thiophene rings is 1. The summed E-state index contributed by atoms with van der Waals surface area (Å²) in [5.74, 6) is 0.263. The zero-order valence-electron chi connectivity index (χ0n) is 11.8. The van der Waals surface area contributed by atoms with E-state index in [1.807, 2.05) is 20.8 Å². The van der Waals surface area contributed by atoms with Crippen LogP contribution in [0.1, 0.15) is 20.8 Å². The number of sulfonamides is 1. The number of aromatic nitrogens is 1. The van der Waals surface area contributed by atoms with Crippen LogP contribution in [0.2, 0.25) is 4.34 Å². The first kappa shape index (κ1) is 16.1. The normalized spacial score (nSPS) is 12.2. The standard InChI is InChI=1S/C13H16ClN3O2S2/c1-13(2,3)16-9-4-6-11(15-8-9)17-21(18,19)12-7-5-10(14)20-12/h4-8,16H,1-3H3,(H,15,17). The van der Waals surface area contributed by atoms with Gasteiger partial charge in [-0.15, -0.1) is 11.3 Å². The minimum Gasteiger partial charge on any atom is -0.379 e. The molecule has 0 radical (unpaired) electrons. The molecule has 21 heavy (non-hydrogen) atoms. The number of hydrogen-bond donors (Lipinski definition) is 2. The monoisotopic (exact) mass is 345 g/mol. The van der Waals surface area contributed by atoms with Crippen LogP contribution in [0.3, 0.4) is 0 Å². The molecule has 0 aromatic carbocycles. The van der Waals surface area contributed by atoms with E-state index in [1.54, 1.807) is 24.4 Å². The van der Waals surface area contributed by atoms with Crippen molar-refractivity contribution < 1.29 is 8.42 Å². The Balaban J connectivity index is 2.13. The van der Waals surface area contributed by atoms with E-state index in [0.717, 1.165) is 17.0 Å². The molecule has 2 aromatic rings. The lowest BCUT2D eigenvalue weighted by atomic mass is 10.1. The predicted molar refractivity (Wildman–Crippen MR) is 87.8 cm³/mol. The fraction of sp³-hybridized carbons (Fsp3) is 0.308. The Kier molecular flexibility index (Phi) is 4.46. The molecule has 0 unspecified atom stereocenters. The van der Waals surface area contributed by atoms with E-state index < -0.39 is 10.0 Å². The lowest BCUT2D eigenvalue weighted by Crippen LogP contribution is -2.26. The van der Waals surface area contributed by atoms with Gasteiger partial charge >= 0.3 is 0 Å². The minimum atomic E-state index is -3.64. The van der Waals surface area contributed by atoms with Gasteiger partial charge in [-0.3, -0.25) is 4.72 Å². The summed E-state index contributed by atoms with van der Waals surface area (Å²) in [7, 11) is -3.64. The van der Waals surface area contributed by atoms with Crippen molar-refractivity contribution in [1.82, 2.24) is 4.98 Å². The second kappa shape index (κ2) is 5.82. The molecule has 0 spiro atoms. The van der Waals surface area contributed by atoms with Crippen molar-refractivity contribution in [2.75, 3.05) is 10.0 Å². The zero-order chi connectivity index (χ0) is 15.7. The summed E-state index contributed by atoms with van der Waals surface area (Å²) in [4.78, 5) is 4.10. The highest BCUT2D eigenvalue weighted by Crippen LogP contribution is 2.27. The van der Waals surface area contributed by atoms with Crippen molar-refractivity contribution in [3.63, 3.8) is 0 Å². The average molecular weight is 346 g/mol. The summed E-state index contributed by atoms with van der Waals surface area (Å²) in [5, 5.41) is 3.25. The number of nitrogens with one attached hydrogen (secondary N) is 2. The summed E-state index contributed by atoms with van der Waals surface area (Å²) in [6.45, 7) is 6.10. The second-order valence-corrected chi connectivity index (χ2v) is 9.10. The molecule has 114 valence electrons. The molecule has 2 N–H and O–H groups in total. The molecule has 0 saturated heterocycles. The molecule has 2 rings (SSSR count). The first-order chi connectivity index (χ1) is 9.66. The van der Waals surface area contributed by atoms with E-state index in [4.69, 9.17) is 11.6 Å². The molecular weight excluding hydrogens is 330 g/mol. The maximum absolute atomic E-state index is 12.1. The van der Waals surface area contributed by atoms with Crippen molar-refractivity contribution in [1.29, 1.82) is 0 Å². The van der Waals surface area contributed by atoms with Gasteiger partial charge in [0.2, 0.25) is 0 Å². The van der Waals surface area contributed by atoms with Gasteiger partial charge in [-0.2, -0.15) is 0 Å². The van der Waals surface area contributed by atoms with Crippen LogP contribution in [0.15, 0.2) is 34.7 Å². The quantitative estimate of drug-likeness (QED) is 0.884. The van der Waals surface area contributed by atoms with Gasteiger partial charge in [0.05, 0.1) is 16.2 Å². The average Bonchev–Trinajstić information content (AvgIpc) is 2.77. The van der Waals surface area contributed by atoms with Gasteiger partial charge in [-0.05, 0) is 45.0 Å². The van der Waals surface area contributed by atoms with Crippen molar-refractivity contribution in [3.8, 4) is 0 Å². The van der Waals surface area contributed by atoms with Gasteiger partial charge in [0.1, 0.15) is 10.0 Å². The first-order valence-corrected chi connectivity index (χ1v) is 8.86. The molecule has 0 aliphatic carbocycles. The van der Waals surface area contributed by atoms with E-state index in [0.29, 0.717) is 4.34 Å². The fourth-order valence-corrected chi connectivity index (χ4v) is 4.08. The lowest BCUT2D eigenvalue weighted by Gasteiger charge is -2.21. The fourth-order valence-electron chi connectivity index (χ4n) is 1.59. The summed E-state index contributed by atoms with van der Waals surface area (Å²) in [6, 6.07) is 6.40. The molecule has 5 nitrogen and oxygen atoms in total. The Morgan fingerprint density at radius 1 is 1.19 bits per heavy atom. The SMILES string of the molecule is CC(C)(C)Nc1ccc(NS(=O)(=O)c2ccc(Cl)s2)nc1. The summed E-state index contributed by atoms with van der Waals surface area (Å²) in [5.41, 5.74) is 0.737. The first-order valence-electron chi connectivity index (χ1n) is 6.18. The molecule has 0 bridgehead atoms. The number of anilines is 2. The van der Waals surface area contributed by atoms with E-state index >= 15 is 0 Å². The number of pyridine rings is 1. The number of hydrogen-bond acceptors (Lipinski definition) is 5. The van der Waals surface area contributed by atoms with Crippen LogP contribution in [0.5, 0.6) is 0 Å². The van der Waals surface area contributed by atoms with Crippen molar-refractivity contribution in [3.05, 3.63) is 34.8 Å². The van der Waals surface area contributed by atoms with E-state index in [9.17, 15) is 8.42 Å². The Morgan fingerprint density at radius 3 is 2.38 bits per heavy atom. The summed E-state index contributed by atoms with van der Waals surface area (Å²) in [6.07, 6.45) is 1.59. The van der Waals surface area contributed by atoms with Crippen LogP contribution in [-0.4, -0.2) is 18.9 Å². The number of nitrogens with zero attached hydrogens (tertiary/aromatic N) is 1. The Morgan fingerprint density at radius 2 is 1.90 bits per heavy atom.